The molecule has 9 heteroatoms. The first kappa shape index (κ1) is 17.5. The van der Waals surface area contributed by atoms with E-state index in [4.69, 9.17) is 9.47 Å². The average Bonchev–Trinajstić information content (AvgIpc) is 2.98. The first-order valence-corrected chi connectivity index (χ1v) is 7.08. The third-order valence-electron chi connectivity index (χ3n) is 3.12. The Bertz CT molecular complexity index is 691. The van der Waals surface area contributed by atoms with Gasteiger partial charge in [-0.1, -0.05) is 6.07 Å². The summed E-state index contributed by atoms with van der Waals surface area (Å²) in [5, 5.41) is 8.91. The Hall–Kier alpha value is -2.84. The van der Waals surface area contributed by atoms with Gasteiger partial charge in [0.05, 0.1) is 26.1 Å². The van der Waals surface area contributed by atoms with E-state index in [9.17, 15) is 13.6 Å². The number of nitrogens with zero attached hydrogens (tertiary/aromatic N) is 2. The number of hydrogen-bond acceptors (Lipinski definition) is 4. The Morgan fingerprint density at radius 1 is 1.29 bits per heavy atom. The van der Waals surface area contributed by atoms with Crippen LogP contribution in [0.25, 0.3) is 0 Å². The SMILES string of the molecule is COc1ccc(CNC(=O)Nc2cnn(CC(F)F)c2)cc1OC. The predicted molar refractivity (Wildman–Crippen MR) is 83.6 cm³/mol. The van der Waals surface area contributed by atoms with Gasteiger partial charge in [0, 0.05) is 12.7 Å². The monoisotopic (exact) mass is 340 g/mol. The van der Waals surface area contributed by atoms with Crippen molar-refractivity contribution in [1.29, 1.82) is 0 Å². The van der Waals surface area contributed by atoms with Crippen LogP contribution in [-0.4, -0.2) is 36.5 Å². The number of urea groups is 1. The fourth-order valence-electron chi connectivity index (χ4n) is 2.02. The lowest BCUT2D eigenvalue weighted by Crippen LogP contribution is -2.28. The topological polar surface area (TPSA) is 77.4 Å². The first-order valence-electron chi connectivity index (χ1n) is 7.08. The second-order valence-corrected chi connectivity index (χ2v) is 4.84. The molecule has 2 aromatic rings. The molecule has 130 valence electrons. The molecule has 0 saturated heterocycles. The number of nitrogens with one attached hydrogen (secondary N) is 2. The summed E-state index contributed by atoms with van der Waals surface area (Å²) in [4.78, 5) is 11.8. The lowest BCUT2D eigenvalue weighted by Gasteiger charge is -2.10. The number of methoxy groups -OCH3 is 2. The number of hydrogen-bond donors (Lipinski definition) is 2. The number of aromatic nitrogens is 2. The molecule has 24 heavy (non-hydrogen) atoms. The van der Waals surface area contributed by atoms with Gasteiger partial charge in [0.25, 0.3) is 6.43 Å². The molecule has 0 fully saturated rings. The number of anilines is 1. The maximum absolute atomic E-state index is 12.2. The van der Waals surface area contributed by atoms with Gasteiger partial charge in [0.15, 0.2) is 11.5 Å². The lowest BCUT2D eigenvalue weighted by molar-refractivity contribution is 0.122. The molecule has 2 amide bonds. The van der Waals surface area contributed by atoms with Gasteiger partial charge in [0.1, 0.15) is 6.54 Å². The minimum Gasteiger partial charge on any atom is -0.493 e. The fraction of sp³-hybridized carbons (Fsp3) is 0.333. The molecule has 0 unspecified atom stereocenters. The van der Waals surface area contributed by atoms with Gasteiger partial charge in [-0.05, 0) is 17.7 Å². The van der Waals surface area contributed by atoms with Gasteiger partial charge in [0.2, 0.25) is 0 Å². The number of amides is 2. The number of alkyl halides is 2. The molecule has 0 aliphatic heterocycles. The molecule has 2 N–H and O–H groups in total. The summed E-state index contributed by atoms with van der Waals surface area (Å²) < 4.78 is 35.9. The number of carbonyl (C=O) groups excluding carboxylic acids is 1. The van der Waals surface area contributed by atoms with Crippen LogP contribution in [0.5, 0.6) is 11.5 Å². The van der Waals surface area contributed by atoms with Crippen molar-refractivity contribution in [3.63, 3.8) is 0 Å². The molecule has 2 rings (SSSR count). The first-order chi connectivity index (χ1) is 11.5. The summed E-state index contributed by atoms with van der Waals surface area (Å²) in [6.07, 6.45) is 0.136. The van der Waals surface area contributed by atoms with Crippen molar-refractivity contribution in [2.24, 2.45) is 0 Å². The molecule has 0 aliphatic rings. The Morgan fingerprint density at radius 2 is 2.04 bits per heavy atom. The Kier molecular flexibility index (Phi) is 5.94. The normalized spacial score (nSPS) is 10.5. The summed E-state index contributed by atoms with van der Waals surface area (Å²) in [7, 11) is 3.07. The zero-order chi connectivity index (χ0) is 17.5. The highest BCUT2D eigenvalue weighted by Crippen LogP contribution is 2.27. The number of rotatable bonds is 7. The number of ether oxygens (including phenoxy) is 2. The third kappa shape index (κ3) is 4.83. The van der Waals surface area contributed by atoms with E-state index < -0.39 is 19.0 Å². The van der Waals surface area contributed by atoms with E-state index in [0.29, 0.717) is 17.2 Å². The standard InChI is InChI=1S/C15H18F2N4O3/c1-23-12-4-3-10(5-13(12)24-2)6-18-15(22)20-11-7-19-21(8-11)9-14(16)17/h3-5,7-8,14H,6,9H2,1-2H3,(H2,18,20,22). The van der Waals surface area contributed by atoms with Crippen LogP contribution in [-0.2, 0) is 13.1 Å². The van der Waals surface area contributed by atoms with Gasteiger partial charge >= 0.3 is 6.03 Å². The van der Waals surface area contributed by atoms with Crippen molar-refractivity contribution < 1.29 is 23.0 Å². The van der Waals surface area contributed by atoms with E-state index >= 15 is 0 Å². The quantitative estimate of drug-likeness (QED) is 0.812. The van der Waals surface area contributed by atoms with E-state index in [1.54, 1.807) is 18.2 Å². The maximum atomic E-state index is 12.2. The molecular weight excluding hydrogens is 322 g/mol. The van der Waals surface area contributed by atoms with Crippen LogP contribution in [0.3, 0.4) is 0 Å². The van der Waals surface area contributed by atoms with Crippen LogP contribution in [0.2, 0.25) is 0 Å². The summed E-state index contributed by atoms with van der Waals surface area (Å²) in [5.41, 5.74) is 1.15. The molecule has 0 bridgehead atoms. The molecule has 0 radical (unpaired) electrons. The molecule has 0 saturated carbocycles. The van der Waals surface area contributed by atoms with E-state index in [0.717, 1.165) is 10.2 Å². The van der Waals surface area contributed by atoms with Crippen molar-refractivity contribution in [2.45, 2.75) is 19.5 Å². The van der Waals surface area contributed by atoms with Gasteiger partial charge < -0.3 is 20.1 Å². The minimum absolute atomic E-state index is 0.261. The van der Waals surface area contributed by atoms with Crippen LogP contribution < -0.4 is 20.1 Å². The molecule has 1 aromatic carbocycles. The molecular formula is C15H18F2N4O3. The second-order valence-electron chi connectivity index (χ2n) is 4.84. The summed E-state index contributed by atoms with van der Waals surface area (Å²) in [6, 6.07) is 4.81. The average molecular weight is 340 g/mol. The highest BCUT2D eigenvalue weighted by Gasteiger charge is 2.09. The van der Waals surface area contributed by atoms with Crippen LogP contribution in [0.4, 0.5) is 19.3 Å². The highest BCUT2D eigenvalue weighted by molar-refractivity contribution is 5.88. The maximum Gasteiger partial charge on any atom is 0.319 e. The Balaban J connectivity index is 1.88. The van der Waals surface area contributed by atoms with E-state index in [-0.39, 0.29) is 6.54 Å². The van der Waals surface area contributed by atoms with Crippen molar-refractivity contribution in [2.75, 3.05) is 19.5 Å². The molecule has 1 aromatic heterocycles. The zero-order valence-corrected chi connectivity index (χ0v) is 13.3. The number of halogens is 2. The molecule has 0 atom stereocenters. The third-order valence-corrected chi connectivity index (χ3v) is 3.12. The second kappa shape index (κ2) is 8.14. The summed E-state index contributed by atoms with van der Waals surface area (Å²) >= 11 is 0. The van der Waals surface area contributed by atoms with Crippen molar-refractivity contribution in [3.05, 3.63) is 36.2 Å². The highest BCUT2D eigenvalue weighted by atomic mass is 19.3. The molecule has 0 aliphatic carbocycles. The fourth-order valence-corrected chi connectivity index (χ4v) is 2.02. The summed E-state index contributed by atoms with van der Waals surface area (Å²) in [5.74, 6) is 1.16. The molecule has 7 nitrogen and oxygen atoms in total. The lowest BCUT2D eigenvalue weighted by atomic mass is 10.2. The number of carbonyl (C=O) groups is 1. The van der Waals surface area contributed by atoms with Crippen molar-refractivity contribution in [3.8, 4) is 11.5 Å². The largest absolute Gasteiger partial charge is 0.493 e. The van der Waals surface area contributed by atoms with Gasteiger partial charge in [-0.25, -0.2) is 13.6 Å². The van der Waals surface area contributed by atoms with E-state index in [1.807, 2.05) is 0 Å². The Morgan fingerprint density at radius 3 is 2.71 bits per heavy atom. The minimum atomic E-state index is -2.50. The number of benzene rings is 1. The smallest absolute Gasteiger partial charge is 0.319 e. The van der Waals surface area contributed by atoms with Crippen LogP contribution in [0.15, 0.2) is 30.6 Å². The van der Waals surface area contributed by atoms with Crippen LogP contribution in [0.1, 0.15) is 5.56 Å². The van der Waals surface area contributed by atoms with Gasteiger partial charge in [-0.15, -0.1) is 0 Å². The van der Waals surface area contributed by atoms with Crippen LogP contribution in [0, 0.1) is 0 Å². The molecule has 0 spiro atoms. The van der Waals surface area contributed by atoms with E-state index in [1.165, 1.54) is 26.6 Å². The van der Waals surface area contributed by atoms with Crippen LogP contribution >= 0.6 is 0 Å². The summed E-state index contributed by atoms with van der Waals surface area (Å²) in [6.45, 7) is -0.258. The zero-order valence-electron chi connectivity index (χ0n) is 13.3. The van der Waals surface area contributed by atoms with E-state index in [2.05, 4.69) is 15.7 Å². The van der Waals surface area contributed by atoms with Crippen molar-refractivity contribution >= 4 is 11.7 Å². The Labute approximate surface area is 137 Å². The van der Waals surface area contributed by atoms with Crippen molar-refractivity contribution in [1.82, 2.24) is 15.1 Å². The van der Waals surface area contributed by atoms with Gasteiger partial charge in [-0.2, -0.15) is 5.10 Å². The van der Waals surface area contributed by atoms with Gasteiger partial charge in [-0.3, -0.25) is 4.68 Å². The molecule has 1 heterocycles. The predicted octanol–water partition coefficient (Wildman–Crippen LogP) is 2.49.